The van der Waals surface area contributed by atoms with Crippen LogP contribution in [0, 0.1) is 5.82 Å². The molecule has 12 heteroatoms. The maximum absolute atomic E-state index is 13.5. The second kappa shape index (κ2) is 12.1. The number of hydrogen-bond acceptors (Lipinski definition) is 8. The molecule has 0 fully saturated rings. The highest BCUT2D eigenvalue weighted by molar-refractivity contribution is 7.92. The van der Waals surface area contributed by atoms with Gasteiger partial charge in [0.25, 0.3) is 10.0 Å². The zero-order valence-corrected chi connectivity index (χ0v) is 23.4. The van der Waals surface area contributed by atoms with Gasteiger partial charge in [-0.2, -0.15) is 0 Å². The zero-order chi connectivity index (χ0) is 29.7. The minimum absolute atomic E-state index is 0.00767. The summed E-state index contributed by atoms with van der Waals surface area (Å²) in [5, 5.41) is 5.79. The standard InChI is InChI=1S/C30H26FN5O5S/c1-40-23-15-22(16-24(18-23)41-2)33-29-30(35-27-9-4-3-8-26(27)34-29)36-42(38,39)25-7-5-6-21(17-25)32-28(37)14-19-10-12-20(31)13-11-19/h3-13,15-18H,14H2,1-2H3,(H,32,37)(H,33,34)(H,35,36). The lowest BCUT2D eigenvalue weighted by Gasteiger charge is -2.15. The molecule has 0 aliphatic rings. The summed E-state index contributed by atoms with van der Waals surface area (Å²) in [6, 6.07) is 23.5. The van der Waals surface area contributed by atoms with E-state index in [0.29, 0.717) is 33.8 Å². The van der Waals surface area contributed by atoms with Gasteiger partial charge in [0.1, 0.15) is 17.3 Å². The van der Waals surface area contributed by atoms with Crippen molar-refractivity contribution >= 4 is 50.0 Å². The lowest BCUT2D eigenvalue weighted by atomic mass is 10.1. The number of benzene rings is 4. The molecule has 42 heavy (non-hydrogen) atoms. The van der Waals surface area contributed by atoms with E-state index in [-0.39, 0.29) is 34.5 Å². The number of halogens is 1. The molecular weight excluding hydrogens is 561 g/mol. The van der Waals surface area contributed by atoms with Crippen molar-refractivity contribution in [1.82, 2.24) is 9.97 Å². The van der Waals surface area contributed by atoms with Crippen LogP contribution in [0.15, 0.2) is 95.9 Å². The van der Waals surface area contributed by atoms with Gasteiger partial charge in [-0.3, -0.25) is 9.52 Å². The van der Waals surface area contributed by atoms with Gasteiger partial charge in [-0.1, -0.05) is 30.3 Å². The Morgan fingerprint density at radius 2 is 1.43 bits per heavy atom. The summed E-state index contributed by atoms with van der Waals surface area (Å²) in [5.74, 6) is 0.363. The number of carbonyl (C=O) groups is 1. The minimum atomic E-state index is -4.18. The number of anilines is 4. The Morgan fingerprint density at radius 1 is 0.786 bits per heavy atom. The molecule has 5 aromatic rings. The van der Waals surface area contributed by atoms with Crippen LogP contribution in [0.5, 0.6) is 11.5 Å². The Kier molecular flexibility index (Phi) is 8.16. The Hall–Kier alpha value is -5.23. The highest BCUT2D eigenvalue weighted by atomic mass is 32.2. The van der Waals surface area contributed by atoms with E-state index in [0.717, 1.165) is 0 Å². The first-order valence-corrected chi connectivity index (χ1v) is 14.1. The van der Waals surface area contributed by atoms with Crippen LogP contribution in [0.25, 0.3) is 11.0 Å². The molecular formula is C30H26FN5O5S. The largest absolute Gasteiger partial charge is 0.497 e. The van der Waals surface area contributed by atoms with E-state index in [2.05, 4.69) is 25.3 Å². The summed E-state index contributed by atoms with van der Waals surface area (Å²) in [5.41, 5.74) is 2.44. The van der Waals surface area contributed by atoms with Crippen molar-refractivity contribution < 1.29 is 27.1 Å². The number of rotatable bonds is 10. The molecule has 1 amide bonds. The van der Waals surface area contributed by atoms with Gasteiger partial charge in [-0.05, 0) is 48.0 Å². The van der Waals surface area contributed by atoms with Gasteiger partial charge in [0.05, 0.1) is 36.6 Å². The molecule has 0 spiro atoms. The summed E-state index contributed by atoms with van der Waals surface area (Å²) in [4.78, 5) is 21.5. The molecule has 10 nitrogen and oxygen atoms in total. The molecule has 3 N–H and O–H groups in total. The number of para-hydroxylation sites is 2. The molecule has 0 unspecified atom stereocenters. The zero-order valence-electron chi connectivity index (χ0n) is 22.6. The van der Waals surface area contributed by atoms with E-state index in [4.69, 9.17) is 9.47 Å². The number of methoxy groups -OCH3 is 2. The number of amides is 1. The number of sulfonamides is 1. The highest BCUT2D eigenvalue weighted by Crippen LogP contribution is 2.31. The average molecular weight is 588 g/mol. The molecule has 0 saturated heterocycles. The number of aromatic nitrogens is 2. The Labute approximate surface area is 241 Å². The lowest BCUT2D eigenvalue weighted by Crippen LogP contribution is -2.17. The Bertz CT molecular complexity index is 1840. The van der Waals surface area contributed by atoms with Crippen molar-refractivity contribution in [2.24, 2.45) is 0 Å². The predicted molar refractivity (Wildman–Crippen MR) is 158 cm³/mol. The molecule has 1 aromatic heterocycles. The van der Waals surface area contributed by atoms with Gasteiger partial charge in [0.15, 0.2) is 11.6 Å². The number of ether oxygens (including phenoxy) is 2. The highest BCUT2D eigenvalue weighted by Gasteiger charge is 2.20. The molecule has 0 radical (unpaired) electrons. The molecule has 0 aliphatic carbocycles. The fraction of sp³-hybridized carbons (Fsp3) is 0.100. The van der Waals surface area contributed by atoms with Crippen LogP contribution in [-0.4, -0.2) is 38.5 Å². The van der Waals surface area contributed by atoms with Crippen molar-refractivity contribution in [3.05, 3.63) is 102 Å². The van der Waals surface area contributed by atoms with E-state index in [1.165, 1.54) is 56.7 Å². The van der Waals surface area contributed by atoms with E-state index < -0.39 is 15.8 Å². The molecule has 0 saturated carbocycles. The predicted octanol–water partition coefficient (Wildman–Crippen LogP) is 5.51. The third kappa shape index (κ3) is 6.73. The third-order valence-corrected chi connectivity index (χ3v) is 7.46. The van der Waals surface area contributed by atoms with Crippen LogP contribution < -0.4 is 24.8 Å². The van der Waals surface area contributed by atoms with Gasteiger partial charge >= 0.3 is 0 Å². The molecule has 0 atom stereocenters. The molecule has 0 aliphatic heterocycles. The van der Waals surface area contributed by atoms with Crippen LogP contribution in [0.4, 0.5) is 27.4 Å². The quantitative estimate of drug-likeness (QED) is 0.195. The molecule has 0 bridgehead atoms. The fourth-order valence-electron chi connectivity index (χ4n) is 4.09. The van der Waals surface area contributed by atoms with Gasteiger partial charge in [-0.15, -0.1) is 0 Å². The van der Waals surface area contributed by atoms with Gasteiger partial charge in [0, 0.05) is 29.6 Å². The van der Waals surface area contributed by atoms with Gasteiger partial charge < -0.3 is 20.1 Å². The fourth-order valence-corrected chi connectivity index (χ4v) is 5.15. The molecule has 4 aromatic carbocycles. The Balaban J connectivity index is 1.42. The number of hydrogen-bond donors (Lipinski definition) is 3. The number of nitrogens with one attached hydrogen (secondary N) is 3. The van der Waals surface area contributed by atoms with E-state index >= 15 is 0 Å². The van der Waals surface area contributed by atoms with E-state index in [1.54, 1.807) is 48.5 Å². The topological polar surface area (TPSA) is 132 Å². The van der Waals surface area contributed by atoms with Crippen LogP contribution in [-0.2, 0) is 21.2 Å². The second-order valence-corrected chi connectivity index (χ2v) is 10.8. The minimum Gasteiger partial charge on any atom is -0.497 e. The van der Waals surface area contributed by atoms with Crippen molar-refractivity contribution in [2.45, 2.75) is 11.3 Å². The summed E-state index contributed by atoms with van der Waals surface area (Å²) in [7, 11) is -1.14. The summed E-state index contributed by atoms with van der Waals surface area (Å²) >= 11 is 0. The third-order valence-electron chi connectivity index (χ3n) is 6.12. The summed E-state index contributed by atoms with van der Waals surface area (Å²) < 4.78 is 53.4. The maximum atomic E-state index is 13.5. The second-order valence-electron chi connectivity index (χ2n) is 9.12. The van der Waals surface area contributed by atoms with Crippen molar-refractivity contribution in [2.75, 3.05) is 29.6 Å². The first-order valence-electron chi connectivity index (χ1n) is 12.7. The van der Waals surface area contributed by atoms with E-state index in [1.807, 2.05) is 0 Å². The first kappa shape index (κ1) is 28.3. The summed E-state index contributed by atoms with van der Waals surface area (Å²) in [6.07, 6.45) is -0.00767. The molecule has 5 rings (SSSR count). The SMILES string of the molecule is COc1cc(Nc2nc3ccccc3nc2NS(=O)(=O)c2cccc(NC(=O)Cc3ccc(F)cc3)c2)cc(OC)c1. The van der Waals surface area contributed by atoms with E-state index in [9.17, 15) is 17.6 Å². The van der Waals surface area contributed by atoms with Crippen molar-refractivity contribution in [3.8, 4) is 11.5 Å². The van der Waals surface area contributed by atoms with Crippen LogP contribution in [0.2, 0.25) is 0 Å². The summed E-state index contributed by atoms with van der Waals surface area (Å²) in [6.45, 7) is 0. The smallest absolute Gasteiger partial charge is 0.263 e. The number of carbonyl (C=O) groups excluding carboxylic acids is 1. The van der Waals surface area contributed by atoms with Gasteiger partial charge in [-0.25, -0.2) is 22.8 Å². The number of nitrogens with zero attached hydrogens (tertiary/aromatic N) is 2. The molecule has 1 heterocycles. The lowest BCUT2D eigenvalue weighted by molar-refractivity contribution is -0.115. The van der Waals surface area contributed by atoms with Crippen LogP contribution in [0.1, 0.15) is 5.56 Å². The van der Waals surface area contributed by atoms with Crippen LogP contribution >= 0.6 is 0 Å². The monoisotopic (exact) mass is 587 g/mol. The first-order chi connectivity index (χ1) is 20.2. The Morgan fingerprint density at radius 3 is 2.07 bits per heavy atom. The van der Waals surface area contributed by atoms with Gasteiger partial charge in [0.2, 0.25) is 5.91 Å². The number of fused-ring (bicyclic) bond motifs is 1. The maximum Gasteiger partial charge on any atom is 0.263 e. The normalized spacial score (nSPS) is 11.1. The molecule has 214 valence electrons. The van der Waals surface area contributed by atoms with Crippen LogP contribution in [0.3, 0.4) is 0 Å². The average Bonchev–Trinajstić information content (AvgIpc) is 2.98. The van der Waals surface area contributed by atoms with Crippen molar-refractivity contribution in [3.63, 3.8) is 0 Å². The van der Waals surface area contributed by atoms with Crippen molar-refractivity contribution in [1.29, 1.82) is 0 Å².